The van der Waals surface area contributed by atoms with E-state index in [2.05, 4.69) is 49.9 Å². The Morgan fingerprint density at radius 2 is 0.649 bits per heavy atom. The lowest BCUT2D eigenvalue weighted by Crippen LogP contribution is -2.43. The average Bonchev–Trinajstić information content (AvgIpc) is 3.30. The standard InChI is InChI=1S/C35H70N2/c1-5-7-9-11-13-15-16-17-18-19-20-21-23-25-27-29-31-37-33-32-36(35(37)34(3)4)30-28-26-24-22-14-12-10-8-6-2/h32-35H,5-31H2,1-4H3. The molecule has 0 aromatic heterocycles. The third-order valence-corrected chi connectivity index (χ3v) is 8.52. The summed E-state index contributed by atoms with van der Waals surface area (Å²) in [5, 5.41) is 0. The van der Waals surface area contributed by atoms with Crippen LogP contribution in [0.3, 0.4) is 0 Å². The van der Waals surface area contributed by atoms with E-state index >= 15 is 0 Å². The van der Waals surface area contributed by atoms with Crippen molar-refractivity contribution in [2.24, 2.45) is 5.92 Å². The topological polar surface area (TPSA) is 6.48 Å². The number of rotatable bonds is 28. The maximum atomic E-state index is 2.64. The predicted molar refractivity (Wildman–Crippen MR) is 168 cm³/mol. The maximum absolute atomic E-state index is 2.64. The van der Waals surface area contributed by atoms with Crippen LogP contribution in [0.15, 0.2) is 12.4 Å². The van der Waals surface area contributed by atoms with Gasteiger partial charge in [0.25, 0.3) is 0 Å². The second-order valence-electron chi connectivity index (χ2n) is 12.6. The van der Waals surface area contributed by atoms with E-state index in [-0.39, 0.29) is 0 Å². The molecule has 1 rings (SSSR count). The molecule has 1 aliphatic heterocycles. The molecule has 0 N–H and O–H groups in total. The first-order valence-electron chi connectivity index (χ1n) is 17.4. The van der Waals surface area contributed by atoms with E-state index in [0.717, 1.165) is 0 Å². The highest BCUT2D eigenvalue weighted by Gasteiger charge is 2.28. The number of hydrogen-bond acceptors (Lipinski definition) is 2. The second kappa shape index (κ2) is 25.6. The summed E-state index contributed by atoms with van der Waals surface area (Å²) in [6.45, 7) is 11.9. The van der Waals surface area contributed by atoms with Crippen LogP contribution in [0.25, 0.3) is 0 Å². The molecule has 0 aliphatic carbocycles. The summed E-state index contributed by atoms with van der Waals surface area (Å²) in [5.41, 5.74) is 0. The van der Waals surface area contributed by atoms with Crippen molar-refractivity contribution in [1.82, 2.24) is 9.80 Å². The van der Waals surface area contributed by atoms with E-state index in [1.165, 1.54) is 174 Å². The lowest BCUT2D eigenvalue weighted by Gasteiger charge is -2.36. The van der Waals surface area contributed by atoms with E-state index in [1.54, 1.807) is 0 Å². The van der Waals surface area contributed by atoms with E-state index < -0.39 is 0 Å². The first-order chi connectivity index (χ1) is 18.2. The summed E-state index contributed by atoms with van der Waals surface area (Å²) in [6.07, 6.45) is 41.3. The fourth-order valence-corrected chi connectivity index (χ4v) is 6.17. The molecular weight excluding hydrogens is 448 g/mol. The quantitative estimate of drug-likeness (QED) is 0.0950. The molecule has 0 saturated heterocycles. The van der Waals surface area contributed by atoms with Gasteiger partial charge in [-0.15, -0.1) is 0 Å². The summed E-state index contributed by atoms with van der Waals surface area (Å²) in [5.74, 6) is 0.689. The molecular formula is C35H70N2. The van der Waals surface area contributed by atoms with E-state index in [9.17, 15) is 0 Å². The van der Waals surface area contributed by atoms with Gasteiger partial charge in [0.05, 0.1) is 0 Å². The SMILES string of the molecule is CCCCCCCCCCCCCCCCCCN1C=CN(CCCCCCCCCCC)C1C(C)C. The highest BCUT2D eigenvalue weighted by molar-refractivity contribution is 4.98. The van der Waals surface area contributed by atoms with Crippen molar-refractivity contribution in [2.75, 3.05) is 13.1 Å². The molecule has 0 aromatic rings. The molecule has 0 spiro atoms. The average molecular weight is 519 g/mol. The van der Waals surface area contributed by atoms with E-state index in [4.69, 9.17) is 0 Å². The molecule has 1 atom stereocenters. The zero-order valence-corrected chi connectivity index (χ0v) is 26.3. The molecule has 2 nitrogen and oxygen atoms in total. The molecule has 220 valence electrons. The van der Waals surface area contributed by atoms with Crippen molar-refractivity contribution >= 4 is 0 Å². The van der Waals surface area contributed by atoms with Gasteiger partial charge in [0, 0.05) is 25.5 Å². The molecule has 0 aromatic carbocycles. The minimum absolute atomic E-state index is 0.588. The molecule has 1 heterocycles. The van der Waals surface area contributed by atoms with Gasteiger partial charge in [-0.1, -0.05) is 175 Å². The molecule has 1 unspecified atom stereocenters. The minimum Gasteiger partial charge on any atom is -0.356 e. The highest BCUT2D eigenvalue weighted by atomic mass is 15.4. The summed E-state index contributed by atoms with van der Waals surface area (Å²) < 4.78 is 0. The van der Waals surface area contributed by atoms with Crippen molar-refractivity contribution < 1.29 is 0 Å². The molecule has 37 heavy (non-hydrogen) atoms. The van der Waals surface area contributed by atoms with Crippen LogP contribution >= 0.6 is 0 Å². The van der Waals surface area contributed by atoms with Crippen molar-refractivity contribution in [3.8, 4) is 0 Å². The maximum Gasteiger partial charge on any atom is 0.103 e. The lowest BCUT2D eigenvalue weighted by atomic mass is 10.0. The van der Waals surface area contributed by atoms with Crippen LogP contribution < -0.4 is 0 Å². The third kappa shape index (κ3) is 19.1. The molecule has 0 amide bonds. The van der Waals surface area contributed by atoms with Gasteiger partial charge < -0.3 is 9.80 Å². The second-order valence-corrected chi connectivity index (χ2v) is 12.6. The minimum atomic E-state index is 0.588. The Bertz CT molecular complexity index is 486. The number of unbranched alkanes of at least 4 members (excludes halogenated alkanes) is 23. The van der Waals surface area contributed by atoms with Crippen LogP contribution in [-0.4, -0.2) is 29.1 Å². The molecule has 0 bridgehead atoms. The first-order valence-corrected chi connectivity index (χ1v) is 17.4. The van der Waals surface area contributed by atoms with Gasteiger partial charge >= 0.3 is 0 Å². The molecule has 2 heteroatoms. The fraction of sp³-hybridized carbons (Fsp3) is 0.943. The largest absolute Gasteiger partial charge is 0.356 e. The van der Waals surface area contributed by atoms with E-state index in [0.29, 0.717) is 12.1 Å². The molecule has 1 aliphatic rings. The van der Waals surface area contributed by atoms with Gasteiger partial charge in [0.2, 0.25) is 0 Å². The van der Waals surface area contributed by atoms with Gasteiger partial charge in [-0.25, -0.2) is 0 Å². The van der Waals surface area contributed by atoms with Crippen molar-refractivity contribution in [2.45, 2.75) is 194 Å². The Kier molecular flexibility index (Phi) is 23.8. The van der Waals surface area contributed by atoms with Crippen LogP contribution in [0.1, 0.15) is 188 Å². The molecule has 0 fully saturated rings. The Morgan fingerprint density at radius 3 is 0.892 bits per heavy atom. The normalized spacial score (nSPS) is 15.5. The summed E-state index contributed by atoms with van der Waals surface area (Å²) in [6, 6.07) is 0. The van der Waals surface area contributed by atoms with Crippen LogP contribution in [0.2, 0.25) is 0 Å². The van der Waals surface area contributed by atoms with Crippen LogP contribution in [0.5, 0.6) is 0 Å². The van der Waals surface area contributed by atoms with Crippen LogP contribution in [-0.2, 0) is 0 Å². The smallest absolute Gasteiger partial charge is 0.103 e. The van der Waals surface area contributed by atoms with Gasteiger partial charge in [-0.2, -0.15) is 0 Å². The Hall–Kier alpha value is -0.660. The van der Waals surface area contributed by atoms with Crippen molar-refractivity contribution in [3.63, 3.8) is 0 Å². The predicted octanol–water partition coefficient (Wildman–Crippen LogP) is 11.8. The summed E-state index contributed by atoms with van der Waals surface area (Å²) in [4.78, 5) is 5.28. The van der Waals surface area contributed by atoms with Crippen molar-refractivity contribution in [3.05, 3.63) is 12.4 Å². The molecule has 0 radical (unpaired) electrons. The van der Waals surface area contributed by atoms with Gasteiger partial charge in [-0.3, -0.25) is 0 Å². The van der Waals surface area contributed by atoms with E-state index in [1.807, 2.05) is 0 Å². The third-order valence-electron chi connectivity index (χ3n) is 8.52. The Labute approximate surface area is 235 Å². The Morgan fingerprint density at radius 1 is 0.405 bits per heavy atom. The van der Waals surface area contributed by atoms with Crippen LogP contribution in [0.4, 0.5) is 0 Å². The van der Waals surface area contributed by atoms with Gasteiger partial charge in [0.1, 0.15) is 6.17 Å². The van der Waals surface area contributed by atoms with Crippen molar-refractivity contribution in [1.29, 1.82) is 0 Å². The number of hydrogen-bond donors (Lipinski definition) is 0. The first kappa shape index (κ1) is 34.4. The monoisotopic (exact) mass is 519 g/mol. The van der Waals surface area contributed by atoms with Gasteiger partial charge in [-0.05, 0) is 18.8 Å². The Balaban J connectivity index is 1.96. The van der Waals surface area contributed by atoms with Crippen LogP contribution in [0, 0.1) is 5.92 Å². The summed E-state index contributed by atoms with van der Waals surface area (Å²) >= 11 is 0. The van der Waals surface area contributed by atoms with Gasteiger partial charge in [0.15, 0.2) is 0 Å². The zero-order valence-electron chi connectivity index (χ0n) is 26.3. The fourth-order valence-electron chi connectivity index (χ4n) is 6.17. The highest BCUT2D eigenvalue weighted by Crippen LogP contribution is 2.24. The molecule has 0 saturated carbocycles. The summed E-state index contributed by atoms with van der Waals surface area (Å²) in [7, 11) is 0. The number of nitrogens with zero attached hydrogens (tertiary/aromatic N) is 2. The zero-order chi connectivity index (χ0) is 26.8. The lowest BCUT2D eigenvalue weighted by molar-refractivity contribution is 0.104.